The zero-order valence-corrected chi connectivity index (χ0v) is 11.8. The van der Waals surface area contributed by atoms with Crippen LogP contribution in [0.5, 0.6) is 0 Å². The first-order valence-electron chi connectivity index (χ1n) is 5.42. The van der Waals surface area contributed by atoms with Crippen LogP contribution in [0.2, 0.25) is 0 Å². The van der Waals surface area contributed by atoms with Crippen LogP contribution >= 0.6 is 27.5 Å². The lowest BCUT2D eigenvalue weighted by atomic mass is 10.2. The molecule has 0 radical (unpaired) electrons. The van der Waals surface area contributed by atoms with Gasteiger partial charge in [-0.25, -0.2) is 4.39 Å². The maximum absolute atomic E-state index is 13.4. The molecule has 0 aromatic heterocycles. The highest BCUT2D eigenvalue weighted by molar-refractivity contribution is 9.10. The maximum atomic E-state index is 13.4. The summed E-state index contributed by atoms with van der Waals surface area (Å²) in [6.45, 7) is 2.37. The van der Waals surface area contributed by atoms with Gasteiger partial charge in [0.1, 0.15) is 5.82 Å². The smallest absolute Gasteiger partial charge is 0.254 e. The van der Waals surface area contributed by atoms with Gasteiger partial charge in [0.05, 0.1) is 10.9 Å². The zero-order valence-electron chi connectivity index (χ0n) is 9.47. The Morgan fingerprint density at radius 3 is 2.88 bits per heavy atom. The van der Waals surface area contributed by atoms with Gasteiger partial charge in [-0.05, 0) is 24.6 Å². The fourth-order valence-corrected chi connectivity index (χ4v) is 2.02. The summed E-state index contributed by atoms with van der Waals surface area (Å²) >= 11 is 9.10. The van der Waals surface area contributed by atoms with Gasteiger partial charge in [-0.1, -0.05) is 29.3 Å². The Morgan fingerprint density at radius 2 is 2.29 bits per heavy atom. The fourth-order valence-electron chi connectivity index (χ4n) is 1.39. The molecule has 0 fully saturated rings. The predicted octanol–water partition coefficient (Wildman–Crippen LogP) is 3.73. The van der Waals surface area contributed by atoms with Crippen molar-refractivity contribution < 1.29 is 9.18 Å². The standard InChI is InChI=1S/C12H14BrClFNO/c1-2-3-9(14)7-16-12(17)10-5-4-8(13)6-11(10)15/h4-6,9H,2-3,7H2,1H3,(H,16,17). The topological polar surface area (TPSA) is 29.1 Å². The second-order valence-corrected chi connectivity index (χ2v) is 5.25. The lowest BCUT2D eigenvalue weighted by molar-refractivity contribution is 0.0949. The molecule has 94 valence electrons. The Balaban J connectivity index is 2.58. The van der Waals surface area contributed by atoms with Crippen LogP contribution in [0.3, 0.4) is 0 Å². The van der Waals surface area contributed by atoms with E-state index in [-0.39, 0.29) is 10.9 Å². The van der Waals surface area contributed by atoms with Crippen molar-refractivity contribution >= 4 is 33.4 Å². The summed E-state index contributed by atoms with van der Waals surface area (Å²) in [4.78, 5) is 11.7. The molecule has 2 nitrogen and oxygen atoms in total. The first-order valence-corrected chi connectivity index (χ1v) is 6.64. The summed E-state index contributed by atoms with van der Waals surface area (Å²) in [5, 5.41) is 2.51. The molecule has 0 saturated carbocycles. The van der Waals surface area contributed by atoms with Crippen molar-refractivity contribution in [3.05, 3.63) is 34.1 Å². The molecule has 5 heteroatoms. The molecule has 1 N–H and O–H groups in total. The van der Waals surface area contributed by atoms with Crippen LogP contribution in [0.4, 0.5) is 4.39 Å². The van der Waals surface area contributed by atoms with E-state index in [1.54, 1.807) is 6.07 Å². The third-order valence-electron chi connectivity index (χ3n) is 2.26. The summed E-state index contributed by atoms with van der Waals surface area (Å²) in [7, 11) is 0. The summed E-state index contributed by atoms with van der Waals surface area (Å²) < 4.78 is 14.1. The number of alkyl halides is 1. The lowest BCUT2D eigenvalue weighted by Crippen LogP contribution is -2.30. The molecule has 0 aliphatic carbocycles. The molecule has 0 aliphatic rings. The number of amides is 1. The van der Waals surface area contributed by atoms with Crippen LogP contribution in [0.1, 0.15) is 30.1 Å². The largest absolute Gasteiger partial charge is 0.350 e. The molecule has 1 aromatic rings. The minimum Gasteiger partial charge on any atom is -0.350 e. The van der Waals surface area contributed by atoms with Gasteiger partial charge < -0.3 is 5.32 Å². The van der Waals surface area contributed by atoms with Crippen LogP contribution in [-0.2, 0) is 0 Å². The molecule has 0 heterocycles. The quantitative estimate of drug-likeness (QED) is 0.822. The molecule has 0 spiro atoms. The average molecular weight is 323 g/mol. The second kappa shape index (κ2) is 6.97. The molecule has 1 aromatic carbocycles. The summed E-state index contributed by atoms with van der Waals surface area (Å²) in [6.07, 6.45) is 1.78. The van der Waals surface area contributed by atoms with Gasteiger partial charge in [-0.15, -0.1) is 11.6 Å². The van der Waals surface area contributed by atoms with Crippen LogP contribution in [0.25, 0.3) is 0 Å². The molecule has 0 saturated heterocycles. The number of nitrogens with one attached hydrogen (secondary N) is 1. The minimum atomic E-state index is -0.543. The number of rotatable bonds is 5. The van der Waals surface area contributed by atoms with Gasteiger partial charge in [0.15, 0.2) is 0 Å². The van der Waals surface area contributed by atoms with Crippen LogP contribution in [0.15, 0.2) is 22.7 Å². The lowest BCUT2D eigenvalue weighted by Gasteiger charge is -2.10. The molecule has 0 bridgehead atoms. The molecule has 1 rings (SSSR count). The number of carbonyl (C=O) groups is 1. The highest BCUT2D eigenvalue weighted by atomic mass is 79.9. The van der Waals surface area contributed by atoms with Gasteiger partial charge in [-0.2, -0.15) is 0 Å². The maximum Gasteiger partial charge on any atom is 0.254 e. The molecule has 1 amide bonds. The van der Waals surface area contributed by atoms with Crippen molar-refractivity contribution in [1.29, 1.82) is 0 Å². The molecule has 1 atom stereocenters. The number of carbonyl (C=O) groups excluding carboxylic acids is 1. The summed E-state index contributed by atoms with van der Waals surface area (Å²) in [5.41, 5.74) is 0.0357. The molecule has 17 heavy (non-hydrogen) atoms. The first kappa shape index (κ1) is 14.5. The Kier molecular flexibility index (Phi) is 5.92. The number of hydrogen-bond acceptors (Lipinski definition) is 1. The second-order valence-electron chi connectivity index (χ2n) is 3.72. The van der Waals surface area contributed by atoms with E-state index in [9.17, 15) is 9.18 Å². The zero-order chi connectivity index (χ0) is 12.8. The van der Waals surface area contributed by atoms with Crippen molar-refractivity contribution in [3.63, 3.8) is 0 Å². The fraction of sp³-hybridized carbons (Fsp3) is 0.417. The van der Waals surface area contributed by atoms with Crippen molar-refractivity contribution in [2.75, 3.05) is 6.54 Å². The van der Waals surface area contributed by atoms with E-state index in [0.29, 0.717) is 11.0 Å². The summed E-state index contributed by atoms with van der Waals surface area (Å²) in [6, 6.07) is 4.33. The van der Waals surface area contributed by atoms with E-state index in [1.807, 2.05) is 6.92 Å². The van der Waals surface area contributed by atoms with E-state index in [0.717, 1.165) is 12.8 Å². The Bertz CT molecular complexity index is 400. The van der Waals surface area contributed by atoms with Gasteiger partial charge in [0.2, 0.25) is 0 Å². The van der Waals surface area contributed by atoms with E-state index >= 15 is 0 Å². The van der Waals surface area contributed by atoms with Gasteiger partial charge in [0, 0.05) is 11.0 Å². The van der Waals surface area contributed by atoms with Crippen molar-refractivity contribution in [2.45, 2.75) is 25.1 Å². The van der Waals surface area contributed by atoms with Gasteiger partial charge >= 0.3 is 0 Å². The van der Waals surface area contributed by atoms with E-state index in [4.69, 9.17) is 11.6 Å². The number of halogens is 3. The van der Waals surface area contributed by atoms with E-state index < -0.39 is 11.7 Å². The first-order chi connectivity index (χ1) is 8.04. The SMILES string of the molecule is CCCC(Cl)CNC(=O)c1ccc(Br)cc1F. The monoisotopic (exact) mass is 321 g/mol. The predicted molar refractivity (Wildman–Crippen MR) is 71.0 cm³/mol. The Labute approximate surface area is 114 Å². The number of benzene rings is 1. The van der Waals surface area contributed by atoms with Crippen LogP contribution < -0.4 is 5.32 Å². The third kappa shape index (κ3) is 4.64. The summed E-state index contributed by atoms with van der Waals surface area (Å²) in [5.74, 6) is -0.977. The Morgan fingerprint density at radius 1 is 1.59 bits per heavy atom. The van der Waals surface area contributed by atoms with E-state index in [2.05, 4.69) is 21.2 Å². The molecular weight excluding hydrogens is 308 g/mol. The highest BCUT2D eigenvalue weighted by Crippen LogP contribution is 2.15. The highest BCUT2D eigenvalue weighted by Gasteiger charge is 2.13. The normalized spacial score (nSPS) is 12.2. The Hall–Kier alpha value is -0.610. The molecule has 0 aliphatic heterocycles. The number of hydrogen-bond donors (Lipinski definition) is 1. The third-order valence-corrected chi connectivity index (χ3v) is 3.13. The van der Waals surface area contributed by atoms with Gasteiger partial charge in [-0.3, -0.25) is 4.79 Å². The van der Waals surface area contributed by atoms with E-state index in [1.165, 1.54) is 12.1 Å². The van der Waals surface area contributed by atoms with Crippen LogP contribution in [0, 0.1) is 5.82 Å². The average Bonchev–Trinajstić information content (AvgIpc) is 2.26. The van der Waals surface area contributed by atoms with Crippen molar-refractivity contribution in [3.8, 4) is 0 Å². The van der Waals surface area contributed by atoms with Crippen molar-refractivity contribution in [2.24, 2.45) is 0 Å². The molecule has 1 unspecified atom stereocenters. The minimum absolute atomic E-state index is 0.0357. The van der Waals surface area contributed by atoms with Crippen LogP contribution in [-0.4, -0.2) is 17.8 Å². The van der Waals surface area contributed by atoms with Gasteiger partial charge in [0.25, 0.3) is 5.91 Å². The van der Waals surface area contributed by atoms with Crippen molar-refractivity contribution in [1.82, 2.24) is 5.32 Å². The molecular formula is C12H14BrClFNO.